The molecule has 1 atom stereocenters. The molecule has 2 aromatic carbocycles. The number of rotatable bonds is 2. The summed E-state index contributed by atoms with van der Waals surface area (Å²) in [5, 5.41) is 4.84. The molecule has 1 aliphatic carbocycles. The summed E-state index contributed by atoms with van der Waals surface area (Å²) in [6.07, 6.45) is 0.694. The fourth-order valence-electron chi connectivity index (χ4n) is 4.17. The highest BCUT2D eigenvalue weighted by Crippen LogP contribution is 2.45. The third-order valence-corrected chi connectivity index (χ3v) is 5.88. The van der Waals surface area contributed by atoms with Gasteiger partial charge in [0.1, 0.15) is 6.61 Å². The van der Waals surface area contributed by atoms with Crippen LogP contribution < -0.4 is 0 Å². The number of carbonyl (C=O) groups is 1. The number of aromatic nitrogens is 2. The molecule has 27 heavy (non-hydrogen) atoms. The van der Waals surface area contributed by atoms with Gasteiger partial charge in [0, 0.05) is 22.4 Å². The molecule has 5 heteroatoms. The molecule has 1 aromatic heterocycles. The summed E-state index contributed by atoms with van der Waals surface area (Å²) in [6, 6.07) is 18.3. The van der Waals surface area contributed by atoms with E-state index in [1.165, 1.54) is 0 Å². The van der Waals surface area contributed by atoms with Gasteiger partial charge in [0.15, 0.2) is 0 Å². The van der Waals surface area contributed by atoms with Gasteiger partial charge in [-0.2, -0.15) is 5.10 Å². The van der Waals surface area contributed by atoms with Gasteiger partial charge in [-0.25, -0.2) is 9.48 Å². The Morgan fingerprint density at radius 3 is 2.59 bits per heavy atom. The number of carbonyl (C=O) groups excluding carboxylic acids is 1. The fourth-order valence-corrected chi connectivity index (χ4v) is 4.44. The summed E-state index contributed by atoms with van der Waals surface area (Å²) < 4.78 is 8.44. The summed E-state index contributed by atoms with van der Waals surface area (Å²) >= 11 is 3.50. The Bertz CT molecular complexity index is 1080. The van der Waals surface area contributed by atoms with Gasteiger partial charge in [-0.15, -0.1) is 0 Å². The summed E-state index contributed by atoms with van der Waals surface area (Å²) in [7, 11) is 0. The number of fused-ring (bicyclic) bond motifs is 1. The van der Waals surface area contributed by atoms with E-state index in [0.29, 0.717) is 13.0 Å². The molecule has 0 spiro atoms. The summed E-state index contributed by atoms with van der Waals surface area (Å²) in [5.74, 6) is -0.334. The summed E-state index contributed by atoms with van der Waals surface area (Å²) in [5.41, 5.74) is 7.19. The normalized spacial score (nSPS) is 18.3. The standard InChI is InChI=1S/C22H17BrN2O2/c1-13-19-18(25(24-13)17-5-3-2-4-6-17)11-15-12-27-22(26)21(15)20(19)14-7-9-16(23)10-8-14/h2-10,20H,11-12H2,1H3. The van der Waals surface area contributed by atoms with Gasteiger partial charge in [-0.05, 0) is 42.3 Å². The average molecular weight is 421 g/mol. The number of cyclic esters (lactones) is 1. The highest BCUT2D eigenvalue weighted by atomic mass is 79.9. The quantitative estimate of drug-likeness (QED) is 0.573. The lowest BCUT2D eigenvalue weighted by atomic mass is 9.77. The Hall–Kier alpha value is -2.66. The van der Waals surface area contributed by atoms with Crippen molar-refractivity contribution in [2.75, 3.05) is 6.61 Å². The van der Waals surface area contributed by atoms with E-state index in [1.54, 1.807) is 0 Å². The molecule has 134 valence electrons. The van der Waals surface area contributed by atoms with Crippen LogP contribution in [0.5, 0.6) is 0 Å². The highest BCUT2D eigenvalue weighted by Gasteiger charge is 2.41. The molecule has 0 bridgehead atoms. The lowest BCUT2D eigenvalue weighted by molar-refractivity contribution is -0.136. The predicted octanol–water partition coefficient (Wildman–Crippen LogP) is 4.48. The second kappa shape index (κ2) is 6.20. The van der Waals surface area contributed by atoms with Crippen LogP contribution >= 0.6 is 15.9 Å². The van der Waals surface area contributed by atoms with Crippen LogP contribution in [-0.2, 0) is 16.0 Å². The maximum Gasteiger partial charge on any atom is 0.335 e. The van der Waals surface area contributed by atoms with E-state index in [4.69, 9.17) is 9.84 Å². The van der Waals surface area contributed by atoms with E-state index >= 15 is 0 Å². The van der Waals surface area contributed by atoms with E-state index < -0.39 is 0 Å². The molecule has 1 unspecified atom stereocenters. The molecule has 0 saturated carbocycles. The zero-order chi connectivity index (χ0) is 18.5. The second-order valence-electron chi connectivity index (χ2n) is 6.95. The number of halogens is 1. The van der Waals surface area contributed by atoms with Crippen molar-refractivity contribution in [3.63, 3.8) is 0 Å². The first-order valence-electron chi connectivity index (χ1n) is 8.92. The zero-order valence-electron chi connectivity index (χ0n) is 14.8. The molecular weight excluding hydrogens is 404 g/mol. The number of hydrogen-bond acceptors (Lipinski definition) is 3. The van der Waals surface area contributed by atoms with Crippen LogP contribution in [0.3, 0.4) is 0 Å². The molecule has 2 heterocycles. The number of nitrogens with zero attached hydrogens (tertiary/aromatic N) is 2. The molecule has 3 aromatic rings. The van der Waals surface area contributed by atoms with Gasteiger partial charge >= 0.3 is 5.97 Å². The number of para-hydroxylation sites is 1. The van der Waals surface area contributed by atoms with Crippen LogP contribution in [0.15, 0.2) is 70.2 Å². The minimum Gasteiger partial charge on any atom is -0.458 e. The Balaban J connectivity index is 1.75. The number of aryl methyl sites for hydroxylation is 1. The van der Waals surface area contributed by atoms with Crippen molar-refractivity contribution in [1.82, 2.24) is 9.78 Å². The van der Waals surface area contributed by atoms with Gasteiger partial charge in [0.25, 0.3) is 0 Å². The van der Waals surface area contributed by atoms with Crippen LogP contribution in [0, 0.1) is 6.92 Å². The first-order chi connectivity index (χ1) is 13.1. The summed E-state index contributed by atoms with van der Waals surface area (Å²) in [6.45, 7) is 2.40. The van der Waals surface area contributed by atoms with Crippen LogP contribution in [-0.4, -0.2) is 22.4 Å². The van der Waals surface area contributed by atoms with E-state index in [9.17, 15) is 4.79 Å². The van der Waals surface area contributed by atoms with Gasteiger partial charge in [0.2, 0.25) is 0 Å². The van der Waals surface area contributed by atoms with E-state index in [2.05, 4.69) is 40.2 Å². The molecule has 4 nitrogen and oxygen atoms in total. The molecule has 0 fully saturated rings. The van der Waals surface area contributed by atoms with Crippen molar-refractivity contribution in [1.29, 1.82) is 0 Å². The third kappa shape index (κ3) is 2.57. The minimum atomic E-state index is -0.199. The summed E-state index contributed by atoms with van der Waals surface area (Å²) in [4.78, 5) is 12.5. The minimum absolute atomic E-state index is 0.135. The molecular formula is C22H17BrN2O2. The molecule has 2 aliphatic rings. The Labute approximate surface area is 165 Å². The van der Waals surface area contributed by atoms with Gasteiger partial charge in [0.05, 0.1) is 22.6 Å². The van der Waals surface area contributed by atoms with Crippen molar-refractivity contribution in [3.8, 4) is 5.69 Å². The average Bonchev–Trinajstić information content (AvgIpc) is 3.22. The predicted molar refractivity (Wildman–Crippen MR) is 106 cm³/mol. The molecule has 0 amide bonds. The van der Waals surface area contributed by atoms with Crippen LogP contribution in [0.1, 0.15) is 28.4 Å². The van der Waals surface area contributed by atoms with E-state index in [0.717, 1.165) is 43.8 Å². The van der Waals surface area contributed by atoms with Crippen LogP contribution in [0.25, 0.3) is 5.69 Å². The van der Waals surface area contributed by atoms with Crippen molar-refractivity contribution >= 4 is 21.9 Å². The molecule has 0 saturated heterocycles. The van der Waals surface area contributed by atoms with Crippen molar-refractivity contribution in [2.24, 2.45) is 0 Å². The van der Waals surface area contributed by atoms with Gasteiger partial charge < -0.3 is 4.74 Å². The molecule has 0 radical (unpaired) electrons. The molecule has 5 rings (SSSR count). The third-order valence-electron chi connectivity index (χ3n) is 5.35. The van der Waals surface area contributed by atoms with Crippen molar-refractivity contribution < 1.29 is 9.53 Å². The largest absolute Gasteiger partial charge is 0.458 e. The maximum absolute atomic E-state index is 12.5. The lowest BCUT2D eigenvalue weighted by Crippen LogP contribution is -2.19. The van der Waals surface area contributed by atoms with Crippen LogP contribution in [0.4, 0.5) is 0 Å². The number of benzene rings is 2. The van der Waals surface area contributed by atoms with Crippen LogP contribution in [0.2, 0.25) is 0 Å². The Morgan fingerprint density at radius 2 is 1.85 bits per heavy atom. The fraction of sp³-hybridized carbons (Fsp3) is 0.182. The number of hydrogen-bond donors (Lipinski definition) is 0. The monoisotopic (exact) mass is 420 g/mol. The van der Waals surface area contributed by atoms with Gasteiger partial charge in [-0.3, -0.25) is 0 Å². The first-order valence-corrected chi connectivity index (χ1v) is 9.71. The highest BCUT2D eigenvalue weighted by molar-refractivity contribution is 9.10. The topological polar surface area (TPSA) is 44.1 Å². The van der Waals surface area contributed by atoms with Crippen molar-refractivity contribution in [2.45, 2.75) is 19.3 Å². The second-order valence-corrected chi connectivity index (χ2v) is 7.86. The number of esters is 1. The van der Waals surface area contributed by atoms with Gasteiger partial charge in [-0.1, -0.05) is 46.3 Å². The van der Waals surface area contributed by atoms with E-state index in [-0.39, 0.29) is 11.9 Å². The Morgan fingerprint density at radius 1 is 1.11 bits per heavy atom. The maximum atomic E-state index is 12.5. The Kier molecular flexibility index (Phi) is 3.79. The van der Waals surface area contributed by atoms with Crippen molar-refractivity contribution in [3.05, 3.63) is 92.7 Å². The molecule has 1 aliphatic heterocycles. The molecule has 0 N–H and O–H groups in total. The zero-order valence-corrected chi connectivity index (χ0v) is 16.4. The first kappa shape index (κ1) is 16.5. The smallest absolute Gasteiger partial charge is 0.335 e. The SMILES string of the molecule is Cc1nn(-c2ccccc2)c2c1C(c1ccc(Br)cc1)C1=C(COC1=O)C2. The van der Waals surface area contributed by atoms with E-state index in [1.807, 2.05) is 41.9 Å². The number of ether oxygens (including phenoxy) is 1. The lowest BCUT2D eigenvalue weighted by Gasteiger charge is -2.25.